The Labute approximate surface area is 146 Å². The van der Waals surface area contributed by atoms with Gasteiger partial charge in [-0.15, -0.1) is 0 Å². The quantitative estimate of drug-likeness (QED) is 0.682. The Morgan fingerprint density at radius 2 is 2.00 bits per heavy atom. The van der Waals surface area contributed by atoms with Crippen molar-refractivity contribution in [3.05, 3.63) is 29.3 Å². The highest BCUT2D eigenvalue weighted by Gasteiger charge is 2.27. The van der Waals surface area contributed by atoms with E-state index in [1.165, 1.54) is 0 Å². The third-order valence-electron chi connectivity index (χ3n) is 4.69. The Bertz CT molecular complexity index is 789. The second-order valence-corrected chi connectivity index (χ2v) is 8.18. The smallest absolute Gasteiger partial charge is 0.312 e. The fourth-order valence-corrected chi connectivity index (χ4v) is 4.36. The lowest BCUT2D eigenvalue weighted by atomic mass is 9.94. The summed E-state index contributed by atoms with van der Waals surface area (Å²) < 4.78 is 27.6. The van der Waals surface area contributed by atoms with Crippen molar-refractivity contribution < 1.29 is 18.0 Å². The third kappa shape index (κ3) is 4.10. The number of primary amides is 1. The van der Waals surface area contributed by atoms with Crippen molar-refractivity contribution in [3.63, 3.8) is 0 Å². The second-order valence-electron chi connectivity index (χ2n) is 6.46. The van der Waals surface area contributed by atoms with Crippen LogP contribution < -0.4 is 15.8 Å². The van der Waals surface area contributed by atoms with Gasteiger partial charge in [-0.25, -0.2) is 17.9 Å². The monoisotopic (exact) mass is 366 g/mol. The number of rotatable bonds is 5. The van der Waals surface area contributed by atoms with Gasteiger partial charge >= 0.3 is 6.03 Å². The molecule has 1 aromatic carbocycles. The summed E-state index contributed by atoms with van der Waals surface area (Å²) in [5.41, 5.74) is 6.83. The van der Waals surface area contributed by atoms with Crippen LogP contribution in [0.25, 0.3) is 0 Å². The van der Waals surface area contributed by atoms with E-state index in [0.29, 0.717) is 19.5 Å². The van der Waals surface area contributed by atoms with Gasteiger partial charge in [0.05, 0.1) is 11.4 Å². The maximum atomic E-state index is 12.5. The number of hydrogen-bond donors (Lipinski definition) is 3. The van der Waals surface area contributed by atoms with E-state index in [-0.39, 0.29) is 23.4 Å². The van der Waals surface area contributed by atoms with E-state index in [1.54, 1.807) is 17.0 Å². The van der Waals surface area contributed by atoms with Crippen LogP contribution in [0.1, 0.15) is 30.4 Å². The van der Waals surface area contributed by atoms with Gasteiger partial charge in [0.25, 0.3) is 0 Å². The van der Waals surface area contributed by atoms with Crippen molar-refractivity contribution in [2.75, 3.05) is 13.1 Å². The fraction of sp³-hybridized carbons (Fsp3) is 0.500. The van der Waals surface area contributed by atoms with Gasteiger partial charge in [0.2, 0.25) is 15.9 Å². The molecule has 8 nitrogen and oxygen atoms in total. The van der Waals surface area contributed by atoms with Crippen molar-refractivity contribution >= 4 is 22.0 Å². The van der Waals surface area contributed by atoms with Crippen LogP contribution >= 0.6 is 0 Å². The van der Waals surface area contributed by atoms with Gasteiger partial charge in [0.15, 0.2) is 0 Å². The van der Waals surface area contributed by atoms with Crippen molar-refractivity contribution in [2.45, 2.75) is 43.2 Å². The van der Waals surface area contributed by atoms with Crippen LogP contribution in [0.3, 0.4) is 0 Å². The Morgan fingerprint density at radius 1 is 1.24 bits per heavy atom. The Balaban J connectivity index is 1.72. The molecular weight excluding hydrogens is 344 g/mol. The summed E-state index contributed by atoms with van der Waals surface area (Å²) in [5.74, 6) is -0.245. The predicted octanol–water partition coefficient (Wildman–Crippen LogP) is 0.0704. The molecule has 0 aromatic heterocycles. The van der Waals surface area contributed by atoms with Crippen LogP contribution in [0.2, 0.25) is 0 Å². The van der Waals surface area contributed by atoms with Crippen molar-refractivity contribution in [3.8, 4) is 0 Å². The third-order valence-corrected chi connectivity index (χ3v) is 6.21. The number of sulfonamides is 1. The highest BCUT2D eigenvalue weighted by molar-refractivity contribution is 7.89. The van der Waals surface area contributed by atoms with Crippen LogP contribution in [0.5, 0.6) is 0 Å². The van der Waals surface area contributed by atoms with Crippen LogP contribution in [-0.2, 0) is 27.8 Å². The van der Waals surface area contributed by atoms with Gasteiger partial charge in [0, 0.05) is 19.1 Å². The first-order chi connectivity index (χ1) is 11.8. The molecule has 0 atom stereocenters. The molecule has 25 heavy (non-hydrogen) atoms. The molecule has 1 aliphatic carbocycles. The maximum absolute atomic E-state index is 12.5. The molecule has 0 unspecified atom stereocenters. The van der Waals surface area contributed by atoms with Crippen LogP contribution in [0.4, 0.5) is 4.79 Å². The number of nitrogens with two attached hydrogens (primary N) is 1. The number of nitrogens with one attached hydrogen (secondary N) is 2. The van der Waals surface area contributed by atoms with E-state index in [2.05, 4.69) is 10.0 Å². The molecule has 0 bridgehead atoms. The van der Waals surface area contributed by atoms with Crippen LogP contribution in [0, 0.1) is 0 Å². The van der Waals surface area contributed by atoms with Crippen molar-refractivity contribution in [2.24, 2.45) is 5.73 Å². The van der Waals surface area contributed by atoms with Gasteiger partial charge in [-0.05, 0) is 42.5 Å². The lowest BCUT2D eigenvalue weighted by Gasteiger charge is -2.30. The standard InChI is InChI=1S/C16H22N4O4S/c17-16(22)18-9-15(21)20-7-6-11-4-5-14(8-12(11)10-20)25(23,24)19-13-2-1-3-13/h4-5,8,13,19H,1-3,6-7,9-10H2,(H3,17,18,22). The summed E-state index contributed by atoms with van der Waals surface area (Å²) in [6.07, 6.45) is 3.44. The Hall–Kier alpha value is -2.13. The molecule has 1 aromatic rings. The van der Waals surface area contributed by atoms with E-state index in [9.17, 15) is 18.0 Å². The molecule has 0 spiro atoms. The number of amides is 3. The largest absolute Gasteiger partial charge is 0.352 e. The average molecular weight is 366 g/mol. The van der Waals surface area contributed by atoms with Crippen molar-refractivity contribution in [1.82, 2.24) is 14.9 Å². The van der Waals surface area contributed by atoms with Crippen molar-refractivity contribution in [1.29, 1.82) is 0 Å². The minimum Gasteiger partial charge on any atom is -0.352 e. The highest BCUT2D eigenvalue weighted by Crippen LogP contribution is 2.25. The van der Waals surface area contributed by atoms with E-state index in [4.69, 9.17) is 5.73 Å². The molecule has 3 amide bonds. The number of urea groups is 1. The minimum absolute atomic E-state index is 0.0268. The molecule has 136 valence electrons. The lowest BCUT2D eigenvalue weighted by molar-refractivity contribution is -0.130. The maximum Gasteiger partial charge on any atom is 0.312 e. The number of carbonyl (C=O) groups is 2. The van der Waals surface area contributed by atoms with E-state index < -0.39 is 16.1 Å². The van der Waals surface area contributed by atoms with Crippen LogP contribution in [-0.4, -0.2) is 44.4 Å². The normalized spacial score (nSPS) is 17.5. The van der Waals surface area contributed by atoms with E-state index >= 15 is 0 Å². The SMILES string of the molecule is NC(=O)NCC(=O)N1CCc2ccc(S(=O)(=O)NC3CCC3)cc2C1. The number of nitrogens with zero attached hydrogens (tertiary/aromatic N) is 1. The Kier molecular flexibility index (Phi) is 4.96. The summed E-state index contributed by atoms with van der Waals surface area (Å²) in [7, 11) is -3.54. The molecule has 1 aliphatic heterocycles. The zero-order valence-corrected chi connectivity index (χ0v) is 14.6. The zero-order chi connectivity index (χ0) is 18.0. The number of fused-ring (bicyclic) bond motifs is 1. The molecule has 1 saturated carbocycles. The molecule has 0 radical (unpaired) electrons. The summed E-state index contributed by atoms with van der Waals surface area (Å²) in [4.78, 5) is 24.7. The first-order valence-corrected chi connectivity index (χ1v) is 9.79. The zero-order valence-electron chi connectivity index (χ0n) is 13.8. The summed E-state index contributed by atoms with van der Waals surface area (Å²) in [6, 6.07) is 4.34. The summed E-state index contributed by atoms with van der Waals surface area (Å²) >= 11 is 0. The van der Waals surface area contributed by atoms with Gasteiger partial charge in [-0.3, -0.25) is 4.79 Å². The van der Waals surface area contributed by atoms with Crippen LogP contribution in [0.15, 0.2) is 23.1 Å². The van der Waals surface area contributed by atoms with Gasteiger partial charge in [0.1, 0.15) is 0 Å². The van der Waals surface area contributed by atoms with E-state index in [1.807, 2.05) is 6.07 Å². The number of hydrogen-bond acceptors (Lipinski definition) is 4. The van der Waals surface area contributed by atoms with Gasteiger partial charge in [-0.2, -0.15) is 0 Å². The van der Waals surface area contributed by atoms with Gasteiger partial charge < -0.3 is 16.0 Å². The minimum atomic E-state index is -3.54. The molecular formula is C16H22N4O4S. The lowest BCUT2D eigenvalue weighted by Crippen LogP contribution is -2.44. The summed E-state index contributed by atoms with van der Waals surface area (Å²) in [5, 5.41) is 2.28. The molecule has 1 heterocycles. The molecule has 4 N–H and O–H groups in total. The molecule has 1 fully saturated rings. The molecule has 9 heteroatoms. The van der Waals surface area contributed by atoms with E-state index in [0.717, 1.165) is 30.4 Å². The number of benzene rings is 1. The molecule has 0 saturated heterocycles. The predicted molar refractivity (Wildman–Crippen MR) is 91.1 cm³/mol. The fourth-order valence-electron chi connectivity index (χ4n) is 3.00. The van der Waals surface area contributed by atoms with Gasteiger partial charge in [-0.1, -0.05) is 12.5 Å². The molecule has 3 rings (SSSR count). The Morgan fingerprint density at radius 3 is 2.64 bits per heavy atom. The first-order valence-electron chi connectivity index (χ1n) is 8.30. The first kappa shape index (κ1) is 17.7. The average Bonchev–Trinajstić information content (AvgIpc) is 2.55. The second kappa shape index (κ2) is 7.01. The molecule has 2 aliphatic rings. The number of carbonyl (C=O) groups excluding carboxylic acids is 2. The topological polar surface area (TPSA) is 122 Å². The highest BCUT2D eigenvalue weighted by atomic mass is 32.2. The summed E-state index contributed by atoms with van der Waals surface area (Å²) in [6.45, 7) is 0.686.